The highest BCUT2D eigenvalue weighted by atomic mass is 79.9. The summed E-state index contributed by atoms with van der Waals surface area (Å²) in [4.78, 5) is 23.2. The van der Waals surface area contributed by atoms with E-state index in [1.165, 1.54) is 17.9 Å². The zero-order valence-electron chi connectivity index (χ0n) is 13.1. The normalized spacial score (nSPS) is 10.8. The van der Waals surface area contributed by atoms with Crippen LogP contribution in [0.2, 0.25) is 0 Å². The Hall–Kier alpha value is -2.16. The minimum atomic E-state index is -1.17. The van der Waals surface area contributed by atoms with Gasteiger partial charge in [-0.25, -0.2) is 4.79 Å². The van der Waals surface area contributed by atoms with E-state index < -0.39 is 11.9 Å². The molecule has 2 N–H and O–H groups in total. The van der Waals surface area contributed by atoms with Crippen molar-refractivity contribution in [1.82, 2.24) is 24.9 Å². The van der Waals surface area contributed by atoms with Crippen LogP contribution in [0.3, 0.4) is 0 Å². The van der Waals surface area contributed by atoms with Gasteiger partial charge in [-0.05, 0) is 36.2 Å². The largest absolute Gasteiger partial charge is 0.478 e. The standard InChI is InChI=1S/C14H18BrN5O3/c1-8-11(15)9(2)20(18-8)6-4-5-16-13(21)12-10(14(22)23)7-17-19(12)3/h7H,4-6H2,1-3H3,(H,16,21)(H,22,23). The van der Waals surface area contributed by atoms with Gasteiger partial charge in [0.15, 0.2) is 0 Å². The molecule has 0 saturated heterocycles. The number of aromatic carboxylic acids is 1. The molecule has 0 fully saturated rings. The zero-order chi connectivity index (χ0) is 17.1. The lowest BCUT2D eigenvalue weighted by atomic mass is 10.2. The first kappa shape index (κ1) is 17.2. The van der Waals surface area contributed by atoms with Gasteiger partial charge in [-0.1, -0.05) is 0 Å². The fraction of sp³-hybridized carbons (Fsp3) is 0.429. The number of halogens is 1. The van der Waals surface area contributed by atoms with Gasteiger partial charge in [-0.3, -0.25) is 14.2 Å². The van der Waals surface area contributed by atoms with Gasteiger partial charge < -0.3 is 10.4 Å². The van der Waals surface area contributed by atoms with E-state index in [2.05, 4.69) is 31.4 Å². The average molecular weight is 384 g/mol. The van der Waals surface area contributed by atoms with Crippen LogP contribution in [-0.4, -0.2) is 43.1 Å². The van der Waals surface area contributed by atoms with Crippen molar-refractivity contribution in [1.29, 1.82) is 0 Å². The number of nitrogens with one attached hydrogen (secondary N) is 1. The number of carbonyl (C=O) groups excluding carboxylic acids is 1. The molecule has 0 unspecified atom stereocenters. The molecule has 8 nitrogen and oxygen atoms in total. The third-order valence-electron chi connectivity index (χ3n) is 3.51. The number of aryl methyl sites for hydroxylation is 3. The van der Waals surface area contributed by atoms with Crippen LogP contribution in [0.4, 0.5) is 0 Å². The van der Waals surface area contributed by atoms with E-state index in [9.17, 15) is 9.59 Å². The summed E-state index contributed by atoms with van der Waals surface area (Å²) in [5.41, 5.74) is 1.90. The predicted octanol–water partition coefficient (Wildman–Crippen LogP) is 1.51. The molecule has 0 bridgehead atoms. The van der Waals surface area contributed by atoms with E-state index in [0.29, 0.717) is 19.5 Å². The van der Waals surface area contributed by atoms with Crippen LogP contribution < -0.4 is 5.32 Å². The number of carboxylic acids is 1. The fourth-order valence-corrected chi connectivity index (χ4v) is 2.55. The van der Waals surface area contributed by atoms with E-state index in [1.807, 2.05) is 18.5 Å². The van der Waals surface area contributed by atoms with Crippen molar-refractivity contribution in [2.75, 3.05) is 6.54 Å². The van der Waals surface area contributed by atoms with Crippen molar-refractivity contribution in [3.8, 4) is 0 Å². The van der Waals surface area contributed by atoms with Gasteiger partial charge in [0.1, 0.15) is 11.3 Å². The summed E-state index contributed by atoms with van der Waals surface area (Å²) in [6, 6.07) is 0. The van der Waals surface area contributed by atoms with E-state index in [4.69, 9.17) is 5.11 Å². The van der Waals surface area contributed by atoms with E-state index in [-0.39, 0.29) is 11.3 Å². The molecule has 2 rings (SSSR count). The summed E-state index contributed by atoms with van der Waals surface area (Å²) in [6.45, 7) is 4.97. The molecule has 0 aliphatic carbocycles. The Morgan fingerprint density at radius 1 is 1.39 bits per heavy atom. The number of carboxylic acid groups (broad SMARTS) is 1. The summed E-state index contributed by atoms with van der Waals surface area (Å²) in [5.74, 6) is -1.62. The molecule has 0 spiro atoms. The van der Waals surface area contributed by atoms with Gasteiger partial charge >= 0.3 is 5.97 Å². The highest BCUT2D eigenvalue weighted by Crippen LogP contribution is 2.19. The number of hydrogen-bond donors (Lipinski definition) is 2. The molecule has 2 heterocycles. The second-order valence-corrected chi connectivity index (χ2v) is 5.95. The van der Waals surface area contributed by atoms with Gasteiger partial charge in [0.25, 0.3) is 5.91 Å². The molecule has 2 aromatic heterocycles. The van der Waals surface area contributed by atoms with Gasteiger partial charge in [-0.15, -0.1) is 0 Å². The topological polar surface area (TPSA) is 102 Å². The molecule has 1 amide bonds. The average Bonchev–Trinajstić information content (AvgIpc) is 2.99. The molecule has 9 heteroatoms. The molecule has 0 atom stereocenters. The molecule has 0 aliphatic heterocycles. The first-order chi connectivity index (χ1) is 10.8. The summed E-state index contributed by atoms with van der Waals surface area (Å²) >= 11 is 3.47. The van der Waals surface area contributed by atoms with Crippen molar-refractivity contribution >= 4 is 27.8 Å². The Balaban J connectivity index is 1.92. The van der Waals surface area contributed by atoms with Crippen LogP contribution in [0.25, 0.3) is 0 Å². The fourth-order valence-electron chi connectivity index (χ4n) is 2.27. The van der Waals surface area contributed by atoms with Gasteiger partial charge in [-0.2, -0.15) is 10.2 Å². The highest BCUT2D eigenvalue weighted by molar-refractivity contribution is 9.10. The number of rotatable bonds is 6. The maximum atomic E-state index is 12.1. The molecule has 0 radical (unpaired) electrons. The predicted molar refractivity (Wildman–Crippen MR) is 86.5 cm³/mol. The van der Waals surface area contributed by atoms with Crippen molar-refractivity contribution in [3.63, 3.8) is 0 Å². The maximum Gasteiger partial charge on any atom is 0.339 e. The smallest absolute Gasteiger partial charge is 0.339 e. The van der Waals surface area contributed by atoms with Crippen LogP contribution >= 0.6 is 15.9 Å². The molecular weight excluding hydrogens is 366 g/mol. The summed E-state index contributed by atoms with van der Waals surface area (Å²) in [7, 11) is 1.54. The monoisotopic (exact) mass is 383 g/mol. The second-order valence-electron chi connectivity index (χ2n) is 5.15. The van der Waals surface area contributed by atoms with Crippen molar-refractivity contribution in [3.05, 3.63) is 33.3 Å². The Morgan fingerprint density at radius 2 is 2.09 bits per heavy atom. The molecule has 2 aromatic rings. The molecule has 124 valence electrons. The summed E-state index contributed by atoms with van der Waals surface area (Å²) in [5, 5.41) is 20.0. The van der Waals surface area contributed by atoms with E-state index in [0.717, 1.165) is 15.9 Å². The summed E-state index contributed by atoms with van der Waals surface area (Å²) < 4.78 is 4.12. The first-order valence-electron chi connectivity index (χ1n) is 7.06. The van der Waals surface area contributed by atoms with Crippen molar-refractivity contribution < 1.29 is 14.7 Å². The number of aromatic nitrogens is 4. The third-order valence-corrected chi connectivity index (χ3v) is 4.66. The Bertz CT molecular complexity index is 750. The minimum Gasteiger partial charge on any atom is -0.478 e. The quantitative estimate of drug-likeness (QED) is 0.736. The van der Waals surface area contributed by atoms with Crippen LogP contribution in [0, 0.1) is 13.8 Å². The SMILES string of the molecule is Cc1nn(CCCNC(=O)c2c(C(=O)O)cnn2C)c(C)c1Br. The minimum absolute atomic E-state index is 0.0476. The Kier molecular flexibility index (Phi) is 5.19. The van der Waals surface area contributed by atoms with Crippen molar-refractivity contribution in [2.45, 2.75) is 26.8 Å². The molecule has 0 aliphatic rings. The van der Waals surface area contributed by atoms with Crippen LogP contribution in [0.15, 0.2) is 10.7 Å². The van der Waals surface area contributed by atoms with Crippen LogP contribution in [-0.2, 0) is 13.6 Å². The summed E-state index contributed by atoms with van der Waals surface area (Å²) in [6.07, 6.45) is 1.85. The number of hydrogen-bond acceptors (Lipinski definition) is 4. The van der Waals surface area contributed by atoms with E-state index in [1.54, 1.807) is 0 Å². The van der Waals surface area contributed by atoms with Crippen LogP contribution in [0.5, 0.6) is 0 Å². The molecule has 0 aromatic carbocycles. The number of nitrogens with zero attached hydrogens (tertiary/aromatic N) is 4. The maximum absolute atomic E-state index is 12.1. The lowest BCUT2D eigenvalue weighted by molar-refractivity contribution is 0.0690. The molecule has 23 heavy (non-hydrogen) atoms. The number of carbonyl (C=O) groups is 2. The van der Waals surface area contributed by atoms with E-state index >= 15 is 0 Å². The Labute approximate surface area is 141 Å². The second kappa shape index (κ2) is 6.95. The first-order valence-corrected chi connectivity index (χ1v) is 7.85. The zero-order valence-corrected chi connectivity index (χ0v) is 14.7. The van der Waals surface area contributed by atoms with Gasteiger partial charge in [0, 0.05) is 25.8 Å². The van der Waals surface area contributed by atoms with Crippen LogP contribution in [0.1, 0.15) is 38.7 Å². The highest BCUT2D eigenvalue weighted by Gasteiger charge is 2.21. The lowest BCUT2D eigenvalue weighted by Crippen LogP contribution is -2.29. The van der Waals surface area contributed by atoms with Gasteiger partial charge in [0.2, 0.25) is 0 Å². The molecular formula is C14H18BrN5O3. The van der Waals surface area contributed by atoms with Gasteiger partial charge in [0.05, 0.1) is 16.4 Å². The lowest BCUT2D eigenvalue weighted by Gasteiger charge is -2.08. The Morgan fingerprint density at radius 3 is 2.65 bits per heavy atom. The third kappa shape index (κ3) is 3.61. The number of amides is 1. The molecule has 0 saturated carbocycles. The van der Waals surface area contributed by atoms with Crippen molar-refractivity contribution in [2.24, 2.45) is 7.05 Å².